The van der Waals surface area contributed by atoms with Crippen molar-refractivity contribution < 1.29 is 4.79 Å². The van der Waals surface area contributed by atoms with Gasteiger partial charge in [0.25, 0.3) is 0 Å². The van der Waals surface area contributed by atoms with Gasteiger partial charge in [-0.2, -0.15) is 0 Å². The van der Waals surface area contributed by atoms with Crippen LogP contribution in [-0.2, 0) is 11.2 Å². The summed E-state index contributed by atoms with van der Waals surface area (Å²) in [5, 5.41) is 2.91. The monoisotopic (exact) mass is 297 g/mol. The Morgan fingerprint density at radius 2 is 2.19 bits per heavy atom. The number of thioether (sulfide) groups is 1. The van der Waals surface area contributed by atoms with Crippen LogP contribution in [0.4, 0.5) is 5.69 Å². The number of nitrogens with zero attached hydrogens (tertiary/aromatic N) is 2. The Morgan fingerprint density at radius 3 is 3.00 bits per heavy atom. The molecule has 4 nitrogen and oxygen atoms in total. The summed E-state index contributed by atoms with van der Waals surface area (Å²) in [5.74, 6) is -0.0586. The fourth-order valence-corrected chi connectivity index (χ4v) is 2.60. The molecule has 2 aromatic heterocycles. The van der Waals surface area contributed by atoms with E-state index in [-0.39, 0.29) is 12.3 Å². The quantitative estimate of drug-likeness (QED) is 0.752. The molecule has 3 aromatic rings. The highest BCUT2D eigenvalue weighted by Gasteiger charge is 2.08. The van der Waals surface area contributed by atoms with Gasteiger partial charge in [0.1, 0.15) is 5.65 Å². The van der Waals surface area contributed by atoms with Crippen LogP contribution in [0.25, 0.3) is 5.65 Å². The van der Waals surface area contributed by atoms with Crippen LogP contribution < -0.4 is 5.32 Å². The molecule has 1 aromatic carbocycles. The number of amides is 1. The van der Waals surface area contributed by atoms with Crippen LogP contribution in [0.5, 0.6) is 0 Å². The van der Waals surface area contributed by atoms with Gasteiger partial charge in [-0.3, -0.25) is 4.79 Å². The Bertz CT molecular complexity index is 749. The van der Waals surface area contributed by atoms with Gasteiger partial charge in [-0.1, -0.05) is 12.1 Å². The van der Waals surface area contributed by atoms with Gasteiger partial charge in [0, 0.05) is 23.0 Å². The fraction of sp³-hybridized carbons (Fsp3) is 0.125. The zero-order chi connectivity index (χ0) is 14.7. The van der Waals surface area contributed by atoms with Gasteiger partial charge < -0.3 is 9.72 Å². The number of pyridine rings is 1. The fourth-order valence-electron chi connectivity index (χ4n) is 2.14. The van der Waals surface area contributed by atoms with E-state index in [9.17, 15) is 4.79 Å². The number of nitrogens with one attached hydrogen (secondary N) is 1. The molecule has 1 amide bonds. The van der Waals surface area contributed by atoms with E-state index < -0.39 is 0 Å². The van der Waals surface area contributed by atoms with Gasteiger partial charge in [-0.05, 0) is 36.6 Å². The Hall–Kier alpha value is -2.27. The summed E-state index contributed by atoms with van der Waals surface area (Å²) in [6.07, 6.45) is 6.09. The third kappa shape index (κ3) is 3.25. The van der Waals surface area contributed by atoms with E-state index in [0.29, 0.717) is 0 Å². The average molecular weight is 297 g/mol. The Labute approximate surface area is 127 Å². The summed E-state index contributed by atoms with van der Waals surface area (Å²) in [6.45, 7) is 0. The number of benzene rings is 1. The zero-order valence-corrected chi connectivity index (χ0v) is 12.4. The second-order valence-corrected chi connectivity index (χ2v) is 5.53. The van der Waals surface area contributed by atoms with Gasteiger partial charge in [-0.25, -0.2) is 4.98 Å². The number of imidazole rings is 1. The molecule has 21 heavy (non-hydrogen) atoms. The minimum Gasteiger partial charge on any atom is -0.326 e. The first-order chi connectivity index (χ1) is 10.2. The number of rotatable bonds is 4. The standard InChI is InChI=1S/C16H15N3OS/c1-21-14-6-4-5-12(9-14)18-16(20)10-13-11-19-8-3-2-7-15(19)17-13/h2-9,11H,10H2,1H3,(H,18,20). The first-order valence-electron chi connectivity index (χ1n) is 6.61. The number of hydrogen-bond acceptors (Lipinski definition) is 3. The Morgan fingerprint density at radius 1 is 1.29 bits per heavy atom. The SMILES string of the molecule is CSc1cccc(NC(=O)Cc2cn3ccccc3n2)c1. The second kappa shape index (κ2) is 6.01. The molecular formula is C16H15N3OS. The molecule has 0 saturated heterocycles. The predicted octanol–water partition coefficient (Wildman–Crippen LogP) is 3.24. The van der Waals surface area contributed by atoms with Crippen molar-refractivity contribution in [3.8, 4) is 0 Å². The average Bonchev–Trinajstić information content (AvgIpc) is 2.89. The maximum absolute atomic E-state index is 12.1. The molecule has 5 heteroatoms. The minimum absolute atomic E-state index is 0.0586. The molecule has 0 saturated carbocycles. The molecule has 0 bridgehead atoms. The smallest absolute Gasteiger partial charge is 0.230 e. The Kier molecular flexibility index (Phi) is 3.92. The van der Waals surface area contributed by atoms with Crippen LogP contribution in [0, 0.1) is 0 Å². The van der Waals surface area contributed by atoms with Gasteiger partial charge in [0.05, 0.1) is 12.1 Å². The van der Waals surface area contributed by atoms with Crippen molar-refractivity contribution in [2.75, 3.05) is 11.6 Å². The van der Waals surface area contributed by atoms with E-state index in [1.807, 2.05) is 65.5 Å². The summed E-state index contributed by atoms with van der Waals surface area (Å²) in [7, 11) is 0. The van der Waals surface area contributed by atoms with Crippen LogP contribution in [0.1, 0.15) is 5.69 Å². The maximum atomic E-state index is 12.1. The zero-order valence-electron chi connectivity index (χ0n) is 11.6. The van der Waals surface area contributed by atoms with Gasteiger partial charge in [-0.15, -0.1) is 11.8 Å². The molecular weight excluding hydrogens is 282 g/mol. The summed E-state index contributed by atoms with van der Waals surface area (Å²) in [4.78, 5) is 17.6. The Balaban J connectivity index is 1.70. The van der Waals surface area contributed by atoms with Crippen molar-refractivity contribution in [1.82, 2.24) is 9.38 Å². The number of anilines is 1. The molecule has 0 radical (unpaired) electrons. The van der Waals surface area contributed by atoms with E-state index >= 15 is 0 Å². The van der Waals surface area contributed by atoms with E-state index in [0.717, 1.165) is 21.9 Å². The van der Waals surface area contributed by atoms with Crippen molar-refractivity contribution >= 4 is 29.0 Å². The first kappa shape index (κ1) is 13.7. The van der Waals surface area contributed by atoms with E-state index in [1.165, 1.54) is 0 Å². The summed E-state index contributed by atoms with van der Waals surface area (Å²) in [5.41, 5.74) is 2.43. The highest BCUT2D eigenvalue weighted by molar-refractivity contribution is 7.98. The lowest BCUT2D eigenvalue weighted by atomic mass is 10.3. The molecule has 1 N–H and O–H groups in total. The van der Waals surface area contributed by atoms with Crippen LogP contribution in [-0.4, -0.2) is 21.5 Å². The summed E-state index contributed by atoms with van der Waals surface area (Å²) in [6, 6.07) is 13.6. The van der Waals surface area contributed by atoms with Crippen molar-refractivity contribution in [1.29, 1.82) is 0 Å². The van der Waals surface area contributed by atoms with Crippen LogP contribution >= 0.6 is 11.8 Å². The minimum atomic E-state index is -0.0586. The molecule has 0 aliphatic heterocycles. The van der Waals surface area contributed by atoms with E-state index in [2.05, 4.69) is 10.3 Å². The lowest BCUT2D eigenvalue weighted by Crippen LogP contribution is -2.14. The molecule has 0 aliphatic carbocycles. The van der Waals surface area contributed by atoms with Crippen LogP contribution in [0.2, 0.25) is 0 Å². The molecule has 0 unspecified atom stereocenters. The molecule has 0 fully saturated rings. The third-order valence-electron chi connectivity index (χ3n) is 3.11. The van der Waals surface area contributed by atoms with Crippen molar-refractivity contribution in [3.63, 3.8) is 0 Å². The van der Waals surface area contributed by atoms with Crippen molar-refractivity contribution in [3.05, 3.63) is 60.6 Å². The molecule has 0 spiro atoms. The largest absolute Gasteiger partial charge is 0.326 e. The predicted molar refractivity (Wildman–Crippen MR) is 85.7 cm³/mol. The van der Waals surface area contributed by atoms with Crippen molar-refractivity contribution in [2.24, 2.45) is 0 Å². The highest BCUT2D eigenvalue weighted by Crippen LogP contribution is 2.19. The molecule has 2 heterocycles. The maximum Gasteiger partial charge on any atom is 0.230 e. The first-order valence-corrected chi connectivity index (χ1v) is 7.83. The van der Waals surface area contributed by atoms with Crippen LogP contribution in [0.15, 0.2) is 59.8 Å². The van der Waals surface area contributed by atoms with E-state index in [4.69, 9.17) is 0 Å². The summed E-state index contributed by atoms with van der Waals surface area (Å²) >= 11 is 1.65. The second-order valence-electron chi connectivity index (χ2n) is 4.66. The topological polar surface area (TPSA) is 46.4 Å². The lowest BCUT2D eigenvalue weighted by Gasteiger charge is -2.05. The third-order valence-corrected chi connectivity index (χ3v) is 3.83. The highest BCUT2D eigenvalue weighted by atomic mass is 32.2. The van der Waals surface area contributed by atoms with E-state index in [1.54, 1.807) is 11.8 Å². The number of aromatic nitrogens is 2. The number of fused-ring (bicyclic) bond motifs is 1. The number of carbonyl (C=O) groups is 1. The normalized spacial score (nSPS) is 10.7. The molecule has 106 valence electrons. The van der Waals surface area contributed by atoms with Crippen molar-refractivity contribution in [2.45, 2.75) is 11.3 Å². The summed E-state index contributed by atoms with van der Waals surface area (Å²) < 4.78 is 1.91. The van der Waals surface area contributed by atoms with Gasteiger partial charge >= 0.3 is 0 Å². The number of carbonyl (C=O) groups excluding carboxylic acids is 1. The van der Waals surface area contributed by atoms with Gasteiger partial charge in [0.2, 0.25) is 5.91 Å². The molecule has 0 atom stereocenters. The van der Waals surface area contributed by atoms with Gasteiger partial charge in [0.15, 0.2) is 0 Å². The van der Waals surface area contributed by atoms with Crippen LogP contribution in [0.3, 0.4) is 0 Å². The lowest BCUT2D eigenvalue weighted by molar-refractivity contribution is -0.115. The molecule has 0 aliphatic rings. The molecule has 3 rings (SSSR count). The number of hydrogen-bond donors (Lipinski definition) is 1.